The number of anilines is 1. The second-order valence-corrected chi connectivity index (χ2v) is 7.35. The van der Waals surface area contributed by atoms with Crippen molar-refractivity contribution in [2.45, 2.75) is 37.1 Å². The topological polar surface area (TPSA) is 96.7 Å². The fraction of sp³-hybridized carbons (Fsp3) is 0.333. The van der Waals surface area contributed by atoms with Gasteiger partial charge < -0.3 is 9.84 Å². The van der Waals surface area contributed by atoms with Crippen LogP contribution in [0.25, 0.3) is 0 Å². The standard InChI is InChI=1S/C15H17N5O2S2/c1-3-11(14(21)16-13-7-9(2)22-20-13)24-15-17-12(18-19-15)8-10-5-4-6-23-10/h4-7,11H,3,8H2,1-2H3,(H,16,20,21)(H,17,18,19)/t11-/m1/s1. The first kappa shape index (κ1) is 16.7. The minimum atomic E-state index is -0.299. The monoisotopic (exact) mass is 363 g/mol. The molecule has 1 atom stereocenters. The van der Waals surface area contributed by atoms with Crippen LogP contribution in [0.1, 0.15) is 29.8 Å². The van der Waals surface area contributed by atoms with E-state index < -0.39 is 0 Å². The van der Waals surface area contributed by atoms with E-state index in [0.717, 1.165) is 5.82 Å². The lowest BCUT2D eigenvalue weighted by Gasteiger charge is -2.10. The molecule has 3 rings (SSSR count). The van der Waals surface area contributed by atoms with Crippen LogP contribution in [0.2, 0.25) is 0 Å². The van der Waals surface area contributed by atoms with Gasteiger partial charge in [-0.15, -0.1) is 16.4 Å². The van der Waals surface area contributed by atoms with Crippen molar-refractivity contribution in [3.8, 4) is 0 Å². The largest absolute Gasteiger partial charge is 0.360 e. The number of carbonyl (C=O) groups excluding carboxylic acids is 1. The third-order valence-corrected chi connectivity index (χ3v) is 5.32. The number of aryl methyl sites for hydroxylation is 1. The summed E-state index contributed by atoms with van der Waals surface area (Å²) in [5.74, 6) is 1.73. The molecule has 0 aromatic carbocycles. The van der Waals surface area contributed by atoms with E-state index in [2.05, 4.69) is 31.7 Å². The summed E-state index contributed by atoms with van der Waals surface area (Å²) in [7, 11) is 0. The molecular weight excluding hydrogens is 346 g/mol. The molecule has 0 unspecified atom stereocenters. The second kappa shape index (κ2) is 7.63. The lowest BCUT2D eigenvalue weighted by Crippen LogP contribution is -2.24. The average Bonchev–Trinajstić information content (AvgIpc) is 3.29. The summed E-state index contributed by atoms with van der Waals surface area (Å²) in [5.41, 5.74) is 0. The molecule has 0 radical (unpaired) electrons. The van der Waals surface area contributed by atoms with Crippen LogP contribution in [-0.4, -0.2) is 31.5 Å². The van der Waals surface area contributed by atoms with E-state index in [-0.39, 0.29) is 11.2 Å². The normalized spacial score (nSPS) is 12.2. The Kier molecular flexibility index (Phi) is 5.31. The summed E-state index contributed by atoms with van der Waals surface area (Å²) in [6.07, 6.45) is 1.37. The Bertz CT molecular complexity index is 797. The summed E-state index contributed by atoms with van der Waals surface area (Å²) in [4.78, 5) is 18.0. The van der Waals surface area contributed by atoms with Gasteiger partial charge in [-0.05, 0) is 24.8 Å². The molecule has 3 heterocycles. The van der Waals surface area contributed by atoms with Gasteiger partial charge in [-0.25, -0.2) is 4.98 Å². The molecule has 0 spiro atoms. The maximum atomic E-state index is 12.3. The number of thiophene rings is 1. The van der Waals surface area contributed by atoms with Crippen molar-refractivity contribution >= 4 is 34.8 Å². The van der Waals surface area contributed by atoms with Gasteiger partial charge in [-0.1, -0.05) is 29.9 Å². The highest BCUT2D eigenvalue weighted by atomic mass is 32.2. The Morgan fingerprint density at radius 2 is 2.42 bits per heavy atom. The predicted octanol–water partition coefficient (Wildman–Crippen LogP) is 3.26. The van der Waals surface area contributed by atoms with Gasteiger partial charge in [0.25, 0.3) is 0 Å². The highest BCUT2D eigenvalue weighted by molar-refractivity contribution is 8.00. The number of thioether (sulfide) groups is 1. The first-order valence-electron chi connectivity index (χ1n) is 7.48. The highest BCUT2D eigenvalue weighted by Crippen LogP contribution is 2.24. The van der Waals surface area contributed by atoms with Gasteiger partial charge in [0.1, 0.15) is 11.6 Å². The van der Waals surface area contributed by atoms with Crippen LogP contribution in [0.3, 0.4) is 0 Å². The van der Waals surface area contributed by atoms with E-state index in [1.54, 1.807) is 24.3 Å². The quantitative estimate of drug-likeness (QED) is 0.625. The number of aromatic nitrogens is 4. The summed E-state index contributed by atoms with van der Waals surface area (Å²) in [6.45, 7) is 3.72. The maximum Gasteiger partial charge on any atom is 0.239 e. The van der Waals surface area contributed by atoms with E-state index >= 15 is 0 Å². The fourth-order valence-electron chi connectivity index (χ4n) is 2.07. The third kappa shape index (κ3) is 4.24. The summed E-state index contributed by atoms with van der Waals surface area (Å²) < 4.78 is 4.95. The molecule has 0 saturated carbocycles. The van der Waals surface area contributed by atoms with Crippen LogP contribution in [0.4, 0.5) is 5.82 Å². The van der Waals surface area contributed by atoms with E-state index in [4.69, 9.17) is 4.52 Å². The maximum absolute atomic E-state index is 12.3. The molecule has 9 heteroatoms. The SMILES string of the molecule is CC[C@@H](Sc1n[nH]c(Cc2cccs2)n1)C(=O)Nc1cc(C)on1. The fourth-order valence-corrected chi connectivity index (χ4v) is 3.63. The molecule has 0 saturated heterocycles. The zero-order chi connectivity index (χ0) is 16.9. The number of nitrogens with one attached hydrogen (secondary N) is 2. The lowest BCUT2D eigenvalue weighted by molar-refractivity contribution is -0.115. The Labute approximate surface area is 147 Å². The van der Waals surface area contributed by atoms with Crippen molar-refractivity contribution in [3.05, 3.63) is 40.0 Å². The third-order valence-electron chi connectivity index (χ3n) is 3.22. The van der Waals surface area contributed by atoms with Crippen LogP contribution in [0.15, 0.2) is 33.3 Å². The van der Waals surface area contributed by atoms with Crippen LogP contribution < -0.4 is 5.32 Å². The average molecular weight is 363 g/mol. The predicted molar refractivity (Wildman–Crippen MR) is 93.3 cm³/mol. The molecule has 24 heavy (non-hydrogen) atoms. The van der Waals surface area contributed by atoms with Crippen LogP contribution >= 0.6 is 23.1 Å². The van der Waals surface area contributed by atoms with Crippen molar-refractivity contribution in [1.82, 2.24) is 20.3 Å². The van der Waals surface area contributed by atoms with Crippen molar-refractivity contribution < 1.29 is 9.32 Å². The van der Waals surface area contributed by atoms with Gasteiger partial charge in [-0.2, -0.15) is 0 Å². The van der Waals surface area contributed by atoms with Gasteiger partial charge in [0.15, 0.2) is 5.82 Å². The van der Waals surface area contributed by atoms with E-state index in [1.807, 2.05) is 18.4 Å². The number of aromatic amines is 1. The number of nitrogens with zero attached hydrogens (tertiary/aromatic N) is 3. The van der Waals surface area contributed by atoms with Crippen LogP contribution in [0, 0.1) is 6.92 Å². The van der Waals surface area contributed by atoms with Gasteiger partial charge in [-0.3, -0.25) is 9.89 Å². The first-order chi connectivity index (χ1) is 11.6. The van der Waals surface area contributed by atoms with Crippen molar-refractivity contribution in [1.29, 1.82) is 0 Å². The lowest BCUT2D eigenvalue weighted by atomic mass is 10.3. The minimum absolute atomic E-state index is 0.139. The van der Waals surface area contributed by atoms with Crippen LogP contribution in [0.5, 0.6) is 0 Å². The van der Waals surface area contributed by atoms with Gasteiger partial charge in [0.2, 0.25) is 11.1 Å². The Balaban J connectivity index is 1.60. The Morgan fingerprint density at radius 3 is 3.08 bits per heavy atom. The number of H-pyrrole nitrogens is 1. The van der Waals surface area contributed by atoms with Gasteiger partial charge in [0.05, 0.1) is 5.25 Å². The second-order valence-electron chi connectivity index (χ2n) is 5.15. The number of carbonyl (C=O) groups is 1. The smallest absolute Gasteiger partial charge is 0.239 e. The first-order valence-corrected chi connectivity index (χ1v) is 9.24. The molecule has 1 amide bonds. The van der Waals surface area contributed by atoms with Crippen LogP contribution in [-0.2, 0) is 11.2 Å². The summed E-state index contributed by atoms with van der Waals surface area (Å²) in [6, 6.07) is 5.75. The summed E-state index contributed by atoms with van der Waals surface area (Å²) >= 11 is 3.01. The molecule has 3 aromatic heterocycles. The van der Waals surface area contributed by atoms with Crippen molar-refractivity contribution in [2.75, 3.05) is 5.32 Å². The molecule has 0 aliphatic rings. The number of amides is 1. The molecular formula is C15H17N5O2S2. The van der Waals surface area contributed by atoms with E-state index in [0.29, 0.717) is 29.6 Å². The molecule has 0 aliphatic carbocycles. The molecule has 0 bridgehead atoms. The van der Waals surface area contributed by atoms with Crippen molar-refractivity contribution in [2.24, 2.45) is 0 Å². The van der Waals surface area contributed by atoms with E-state index in [1.165, 1.54) is 16.6 Å². The van der Waals surface area contributed by atoms with Crippen molar-refractivity contribution in [3.63, 3.8) is 0 Å². The molecule has 126 valence electrons. The zero-order valence-electron chi connectivity index (χ0n) is 13.3. The Hall–Kier alpha value is -2.13. The summed E-state index contributed by atoms with van der Waals surface area (Å²) in [5, 5.41) is 16.0. The molecule has 0 aliphatic heterocycles. The molecule has 2 N–H and O–H groups in total. The highest BCUT2D eigenvalue weighted by Gasteiger charge is 2.21. The van der Waals surface area contributed by atoms with E-state index in [9.17, 15) is 4.79 Å². The number of hydrogen-bond acceptors (Lipinski definition) is 7. The van der Waals surface area contributed by atoms with Gasteiger partial charge in [0, 0.05) is 17.4 Å². The van der Waals surface area contributed by atoms with Gasteiger partial charge >= 0.3 is 0 Å². The number of rotatable bonds is 7. The molecule has 0 fully saturated rings. The zero-order valence-corrected chi connectivity index (χ0v) is 14.9. The minimum Gasteiger partial charge on any atom is -0.360 e. The number of hydrogen-bond donors (Lipinski definition) is 2. The molecule has 3 aromatic rings. The Morgan fingerprint density at radius 1 is 1.54 bits per heavy atom. The molecule has 7 nitrogen and oxygen atoms in total.